The molecule has 0 unspecified atom stereocenters. The van der Waals surface area contributed by atoms with Crippen molar-refractivity contribution < 1.29 is 4.79 Å². The molecule has 0 radical (unpaired) electrons. The van der Waals surface area contributed by atoms with Crippen LogP contribution in [0.25, 0.3) is 0 Å². The summed E-state index contributed by atoms with van der Waals surface area (Å²) < 4.78 is 0. The summed E-state index contributed by atoms with van der Waals surface area (Å²) in [5.74, 6) is 2.79. The van der Waals surface area contributed by atoms with E-state index in [1.54, 1.807) is 0 Å². The first-order valence-electron chi connectivity index (χ1n) is 8.06. The largest absolute Gasteiger partial charge is 0.298 e. The highest BCUT2D eigenvalue weighted by molar-refractivity contribution is 5.83. The van der Waals surface area contributed by atoms with Crippen molar-refractivity contribution in [3.8, 4) is 0 Å². The quantitative estimate of drug-likeness (QED) is 0.690. The maximum Gasteiger partial charge on any atom is 0.149 e. The molecule has 0 amide bonds. The van der Waals surface area contributed by atoms with E-state index in [0.29, 0.717) is 11.7 Å². The van der Waals surface area contributed by atoms with Crippen molar-refractivity contribution in [1.82, 2.24) is 4.90 Å². The van der Waals surface area contributed by atoms with Gasteiger partial charge in [-0.25, -0.2) is 0 Å². The van der Waals surface area contributed by atoms with Crippen LogP contribution in [0.3, 0.4) is 0 Å². The SMILES string of the molecule is O=C(CN(CC1CC1)CC1CC1)C1CCCCC1. The fourth-order valence-corrected chi connectivity index (χ4v) is 3.31. The second-order valence-corrected chi connectivity index (χ2v) is 6.88. The minimum Gasteiger partial charge on any atom is -0.298 e. The van der Waals surface area contributed by atoms with Crippen molar-refractivity contribution in [2.75, 3.05) is 19.6 Å². The molecule has 0 N–H and O–H groups in total. The van der Waals surface area contributed by atoms with Crippen LogP contribution in [0.4, 0.5) is 0 Å². The van der Waals surface area contributed by atoms with E-state index in [2.05, 4.69) is 4.90 Å². The molecule has 3 fully saturated rings. The number of nitrogens with zero attached hydrogens (tertiary/aromatic N) is 1. The number of hydrogen-bond donors (Lipinski definition) is 0. The predicted molar refractivity (Wildman–Crippen MR) is 73.5 cm³/mol. The van der Waals surface area contributed by atoms with E-state index in [-0.39, 0.29) is 0 Å². The van der Waals surface area contributed by atoms with Crippen LogP contribution in [0.1, 0.15) is 57.8 Å². The summed E-state index contributed by atoms with van der Waals surface area (Å²) in [5.41, 5.74) is 0. The number of hydrogen-bond acceptors (Lipinski definition) is 2. The lowest BCUT2D eigenvalue weighted by Gasteiger charge is -2.26. The van der Waals surface area contributed by atoms with Gasteiger partial charge in [-0.15, -0.1) is 0 Å². The molecule has 0 bridgehead atoms. The molecular weight excluding hydrogens is 222 g/mol. The number of carbonyl (C=O) groups excluding carboxylic acids is 1. The van der Waals surface area contributed by atoms with Crippen molar-refractivity contribution in [2.45, 2.75) is 57.8 Å². The zero-order valence-electron chi connectivity index (χ0n) is 11.6. The maximum atomic E-state index is 12.4. The Kier molecular flexibility index (Phi) is 4.03. The van der Waals surface area contributed by atoms with Crippen molar-refractivity contribution in [3.05, 3.63) is 0 Å². The van der Waals surface area contributed by atoms with Gasteiger partial charge >= 0.3 is 0 Å². The van der Waals surface area contributed by atoms with E-state index >= 15 is 0 Å². The molecule has 18 heavy (non-hydrogen) atoms. The zero-order chi connectivity index (χ0) is 12.4. The van der Waals surface area contributed by atoms with E-state index in [1.807, 2.05) is 0 Å². The summed E-state index contributed by atoms with van der Waals surface area (Å²) in [6.07, 6.45) is 11.8. The average Bonchev–Trinajstić information content (AvgIpc) is 3.26. The highest BCUT2D eigenvalue weighted by atomic mass is 16.1. The van der Waals surface area contributed by atoms with E-state index < -0.39 is 0 Å². The van der Waals surface area contributed by atoms with Crippen molar-refractivity contribution >= 4 is 5.78 Å². The Balaban J connectivity index is 1.47. The van der Waals surface area contributed by atoms with Gasteiger partial charge in [-0.3, -0.25) is 9.69 Å². The normalized spacial score (nSPS) is 25.6. The molecule has 3 aliphatic carbocycles. The average molecular weight is 249 g/mol. The molecule has 2 heteroatoms. The van der Waals surface area contributed by atoms with Crippen LogP contribution in [0, 0.1) is 17.8 Å². The van der Waals surface area contributed by atoms with Crippen LogP contribution in [-0.2, 0) is 4.79 Å². The molecule has 2 nitrogen and oxygen atoms in total. The molecule has 102 valence electrons. The van der Waals surface area contributed by atoms with Gasteiger partial charge in [-0.05, 0) is 50.4 Å². The first-order chi connectivity index (χ1) is 8.81. The van der Waals surface area contributed by atoms with Crippen LogP contribution >= 0.6 is 0 Å². The second-order valence-electron chi connectivity index (χ2n) is 6.88. The van der Waals surface area contributed by atoms with E-state index in [0.717, 1.165) is 18.4 Å². The molecule has 3 aliphatic rings. The lowest BCUT2D eigenvalue weighted by molar-refractivity contribution is -0.125. The Bertz CT molecular complexity index is 273. The van der Waals surface area contributed by atoms with Gasteiger partial charge in [0.25, 0.3) is 0 Å². The summed E-state index contributed by atoms with van der Waals surface area (Å²) in [7, 11) is 0. The fraction of sp³-hybridized carbons (Fsp3) is 0.938. The molecule has 0 aliphatic heterocycles. The zero-order valence-corrected chi connectivity index (χ0v) is 11.6. The molecule has 3 rings (SSSR count). The predicted octanol–water partition coefficient (Wildman–Crippen LogP) is 3.26. The van der Waals surface area contributed by atoms with Gasteiger partial charge in [-0.1, -0.05) is 19.3 Å². The van der Waals surface area contributed by atoms with E-state index in [9.17, 15) is 4.79 Å². The number of ketones is 1. The highest BCUT2D eigenvalue weighted by Crippen LogP contribution is 2.34. The van der Waals surface area contributed by atoms with Crippen molar-refractivity contribution in [1.29, 1.82) is 0 Å². The highest BCUT2D eigenvalue weighted by Gasteiger charge is 2.31. The molecule has 0 spiro atoms. The van der Waals surface area contributed by atoms with Gasteiger partial charge in [-0.2, -0.15) is 0 Å². The molecular formula is C16H27NO. The summed E-state index contributed by atoms with van der Waals surface area (Å²) in [6.45, 7) is 3.17. The smallest absolute Gasteiger partial charge is 0.149 e. The van der Waals surface area contributed by atoms with Crippen LogP contribution in [0.5, 0.6) is 0 Å². The van der Waals surface area contributed by atoms with Crippen molar-refractivity contribution in [3.63, 3.8) is 0 Å². The lowest BCUT2D eigenvalue weighted by atomic mass is 9.86. The van der Waals surface area contributed by atoms with E-state index in [1.165, 1.54) is 70.9 Å². The first kappa shape index (κ1) is 12.7. The van der Waals surface area contributed by atoms with Gasteiger partial charge in [0, 0.05) is 19.0 Å². The number of carbonyl (C=O) groups is 1. The van der Waals surface area contributed by atoms with Gasteiger partial charge in [0.15, 0.2) is 0 Å². The van der Waals surface area contributed by atoms with Gasteiger partial charge in [0.1, 0.15) is 5.78 Å². The Labute approximate surface area is 111 Å². The minimum atomic E-state index is 0.402. The Morgan fingerprint density at radius 3 is 1.89 bits per heavy atom. The van der Waals surface area contributed by atoms with Crippen molar-refractivity contribution in [2.24, 2.45) is 17.8 Å². The third-order valence-electron chi connectivity index (χ3n) is 4.87. The van der Waals surface area contributed by atoms with Crippen LogP contribution in [0.15, 0.2) is 0 Å². The van der Waals surface area contributed by atoms with Crippen LogP contribution in [0.2, 0.25) is 0 Å². The van der Waals surface area contributed by atoms with Gasteiger partial charge in [0.05, 0.1) is 6.54 Å². The third-order valence-corrected chi connectivity index (χ3v) is 4.87. The molecule has 0 aromatic heterocycles. The fourth-order valence-electron chi connectivity index (χ4n) is 3.31. The summed E-state index contributed by atoms with van der Waals surface area (Å²) in [5, 5.41) is 0. The van der Waals surface area contributed by atoms with E-state index in [4.69, 9.17) is 0 Å². The molecule has 0 aromatic rings. The number of rotatable bonds is 7. The standard InChI is InChI=1S/C16H27NO/c18-16(15-4-2-1-3-5-15)12-17(10-13-6-7-13)11-14-8-9-14/h13-15H,1-12H2. The Hall–Kier alpha value is -0.370. The summed E-state index contributed by atoms with van der Waals surface area (Å²) in [4.78, 5) is 14.9. The maximum absolute atomic E-state index is 12.4. The summed E-state index contributed by atoms with van der Waals surface area (Å²) in [6, 6.07) is 0. The second kappa shape index (κ2) is 5.73. The minimum absolute atomic E-state index is 0.402. The van der Waals surface area contributed by atoms with Gasteiger partial charge in [0.2, 0.25) is 0 Å². The lowest BCUT2D eigenvalue weighted by Crippen LogP contribution is -2.36. The van der Waals surface area contributed by atoms with Crippen LogP contribution < -0.4 is 0 Å². The molecule has 0 aromatic carbocycles. The number of Topliss-reactive ketones (excluding diaryl/α,β-unsaturated/α-hetero) is 1. The topological polar surface area (TPSA) is 20.3 Å². The molecule has 3 saturated carbocycles. The third kappa shape index (κ3) is 3.81. The first-order valence-corrected chi connectivity index (χ1v) is 8.06. The Morgan fingerprint density at radius 1 is 0.833 bits per heavy atom. The molecule has 0 saturated heterocycles. The van der Waals surface area contributed by atoms with Crippen LogP contribution in [-0.4, -0.2) is 30.3 Å². The monoisotopic (exact) mass is 249 g/mol. The summed E-state index contributed by atoms with van der Waals surface area (Å²) >= 11 is 0. The molecule has 0 atom stereocenters. The Morgan fingerprint density at radius 2 is 1.39 bits per heavy atom. The molecule has 0 heterocycles. The van der Waals surface area contributed by atoms with Gasteiger partial charge < -0.3 is 0 Å².